The van der Waals surface area contributed by atoms with Crippen molar-refractivity contribution in [3.05, 3.63) is 51.5 Å². The zero-order chi connectivity index (χ0) is 17.0. The molecule has 0 bridgehead atoms. The summed E-state index contributed by atoms with van der Waals surface area (Å²) < 4.78 is 17.1. The Balaban J connectivity index is 2.28. The van der Waals surface area contributed by atoms with Gasteiger partial charge in [-0.2, -0.15) is 0 Å². The van der Waals surface area contributed by atoms with Gasteiger partial charge >= 0.3 is 0 Å². The van der Waals surface area contributed by atoms with Gasteiger partial charge in [0.1, 0.15) is 12.4 Å². The number of halogens is 1. The fraction of sp³-hybridized carbons (Fsp3) is 0.235. The molecule has 0 atom stereocenters. The van der Waals surface area contributed by atoms with Crippen molar-refractivity contribution in [3.8, 4) is 17.2 Å². The Hall–Kier alpha value is -2.21. The second-order valence-electron chi connectivity index (χ2n) is 4.95. The van der Waals surface area contributed by atoms with Gasteiger partial charge in [0.05, 0.1) is 19.8 Å². The van der Waals surface area contributed by atoms with E-state index >= 15 is 0 Å². The van der Waals surface area contributed by atoms with Crippen LogP contribution in [0.5, 0.6) is 17.2 Å². The van der Waals surface area contributed by atoms with Crippen molar-refractivity contribution in [1.29, 1.82) is 0 Å². The van der Waals surface area contributed by atoms with Gasteiger partial charge < -0.3 is 19.9 Å². The van der Waals surface area contributed by atoms with Gasteiger partial charge in [0.25, 0.3) is 5.91 Å². The van der Waals surface area contributed by atoms with Gasteiger partial charge in [-0.05, 0) is 36.8 Å². The third kappa shape index (κ3) is 3.96. The maximum atomic E-state index is 11.5. The largest absolute Gasteiger partial charge is 0.493 e. The van der Waals surface area contributed by atoms with E-state index in [0.29, 0.717) is 22.8 Å². The summed E-state index contributed by atoms with van der Waals surface area (Å²) in [6.07, 6.45) is 0. The quantitative estimate of drug-likeness (QED) is 0.834. The summed E-state index contributed by atoms with van der Waals surface area (Å²) in [6, 6.07) is 8.90. The zero-order valence-electron chi connectivity index (χ0n) is 13.2. The molecule has 0 saturated heterocycles. The summed E-state index contributed by atoms with van der Waals surface area (Å²) in [5, 5.41) is 0. The smallest absolute Gasteiger partial charge is 0.252 e. The Kier molecular flexibility index (Phi) is 5.50. The van der Waals surface area contributed by atoms with Crippen molar-refractivity contribution < 1.29 is 19.0 Å². The number of amides is 1. The van der Waals surface area contributed by atoms with Crippen molar-refractivity contribution in [1.82, 2.24) is 0 Å². The Labute approximate surface area is 143 Å². The number of methoxy groups -OCH3 is 2. The van der Waals surface area contributed by atoms with Crippen LogP contribution in [-0.2, 0) is 6.61 Å². The van der Waals surface area contributed by atoms with Crippen molar-refractivity contribution in [2.75, 3.05) is 14.2 Å². The molecule has 0 radical (unpaired) electrons. The van der Waals surface area contributed by atoms with E-state index in [4.69, 9.17) is 19.9 Å². The number of benzene rings is 2. The summed E-state index contributed by atoms with van der Waals surface area (Å²) in [5.41, 5.74) is 7.58. The Morgan fingerprint density at radius 3 is 2.35 bits per heavy atom. The van der Waals surface area contributed by atoms with E-state index in [1.54, 1.807) is 26.4 Å². The van der Waals surface area contributed by atoms with E-state index in [1.165, 1.54) is 0 Å². The average Bonchev–Trinajstić information content (AvgIpc) is 2.53. The topological polar surface area (TPSA) is 70.8 Å². The zero-order valence-corrected chi connectivity index (χ0v) is 14.8. The molecule has 0 aliphatic carbocycles. The fourth-order valence-electron chi connectivity index (χ4n) is 2.11. The molecule has 5 nitrogen and oxygen atoms in total. The van der Waals surface area contributed by atoms with Crippen LogP contribution in [0, 0.1) is 6.92 Å². The molecule has 2 N–H and O–H groups in total. The van der Waals surface area contributed by atoms with Crippen LogP contribution in [0.2, 0.25) is 0 Å². The Bertz CT molecular complexity index is 731. The SMILES string of the molecule is COc1cc(Br)c(COc2cc(C)ccc2C(N)=O)cc1OC. The third-order valence-corrected chi connectivity index (χ3v) is 4.08. The van der Waals surface area contributed by atoms with Crippen molar-refractivity contribution in [3.63, 3.8) is 0 Å². The van der Waals surface area contributed by atoms with E-state index in [0.717, 1.165) is 15.6 Å². The molecule has 2 rings (SSSR count). The molecule has 6 heteroatoms. The predicted molar refractivity (Wildman–Crippen MR) is 91.3 cm³/mol. The van der Waals surface area contributed by atoms with Crippen LogP contribution in [-0.4, -0.2) is 20.1 Å². The highest BCUT2D eigenvalue weighted by Crippen LogP contribution is 2.34. The number of hydrogen-bond donors (Lipinski definition) is 1. The lowest BCUT2D eigenvalue weighted by Gasteiger charge is -2.14. The van der Waals surface area contributed by atoms with Gasteiger partial charge in [-0.25, -0.2) is 0 Å². The number of ether oxygens (including phenoxy) is 3. The molecule has 0 aliphatic rings. The summed E-state index contributed by atoms with van der Waals surface area (Å²) >= 11 is 3.48. The summed E-state index contributed by atoms with van der Waals surface area (Å²) in [7, 11) is 3.15. The molecule has 0 aromatic heterocycles. The number of carbonyl (C=O) groups is 1. The first-order valence-corrected chi connectivity index (χ1v) is 7.69. The van der Waals surface area contributed by atoms with Gasteiger partial charge in [0, 0.05) is 10.0 Å². The van der Waals surface area contributed by atoms with Crippen LogP contribution in [0.25, 0.3) is 0 Å². The van der Waals surface area contributed by atoms with Crippen LogP contribution < -0.4 is 19.9 Å². The maximum absolute atomic E-state index is 11.5. The monoisotopic (exact) mass is 379 g/mol. The fourth-order valence-corrected chi connectivity index (χ4v) is 2.55. The summed E-state index contributed by atoms with van der Waals surface area (Å²) in [6.45, 7) is 2.18. The first-order chi connectivity index (χ1) is 11.0. The number of aryl methyl sites for hydroxylation is 1. The van der Waals surface area contributed by atoms with Crippen LogP contribution in [0.15, 0.2) is 34.8 Å². The molecule has 0 aliphatic heterocycles. The second-order valence-corrected chi connectivity index (χ2v) is 5.81. The molecule has 0 heterocycles. The van der Waals surface area contributed by atoms with Crippen LogP contribution in [0.1, 0.15) is 21.5 Å². The van der Waals surface area contributed by atoms with E-state index in [2.05, 4.69) is 15.9 Å². The average molecular weight is 380 g/mol. The lowest BCUT2D eigenvalue weighted by Crippen LogP contribution is -2.13. The van der Waals surface area contributed by atoms with Gasteiger partial charge in [-0.3, -0.25) is 4.79 Å². The van der Waals surface area contributed by atoms with E-state index in [9.17, 15) is 4.79 Å². The van der Waals surface area contributed by atoms with E-state index < -0.39 is 5.91 Å². The highest BCUT2D eigenvalue weighted by atomic mass is 79.9. The van der Waals surface area contributed by atoms with Gasteiger partial charge in [-0.1, -0.05) is 22.0 Å². The van der Waals surface area contributed by atoms with Crippen LogP contribution >= 0.6 is 15.9 Å². The lowest BCUT2D eigenvalue weighted by atomic mass is 10.1. The predicted octanol–water partition coefficient (Wildman–Crippen LogP) is 3.45. The standard InChI is InChI=1S/C17H18BrNO4/c1-10-4-5-12(17(19)20)14(6-10)23-9-11-7-15(21-2)16(22-3)8-13(11)18/h4-8H,9H2,1-3H3,(H2,19,20). The van der Waals surface area contributed by atoms with Crippen LogP contribution in [0.3, 0.4) is 0 Å². The number of hydrogen-bond acceptors (Lipinski definition) is 4. The Morgan fingerprint density at radius 2 is 1.74 bits per heavy atom. The molecule has 0 saturated carbocycles. The maximum Gasteiger partial charge on any atom is 0.252 e. The molecule has 2 aromatic carbocycles. The van der Waals surface area contributed by atoms with Gasteiger partial charge in [0.2, 0.25) is 0 Å². The molecular formula is C17H18BrNO4. The third-order valence-electron chi connectivity index (χ3n) is 3.34. The molecule has 0 unspecified atom stereocenters. The first-order valence-electron chi connectivity index (χ1n) is 6.90. The molecule has 0 spiro atoms. The van der Waals surface area contributed by atoms with Crippen molar-refractivity contribution in [2.45, 2.75) is 13.5 Å². The van der Waals surface area contributed by atoms with Gasteiger partial charge in [-0.15, -0.1) is 0 Å². The highest BCUT2D eigenvalue weighted by Gasteiger charge is 2.13. The second kappa shape index (κ2) is 7.37. The molecular weight excluding hydrogens is 362 g/mol. The minimum atomic E-state index is -0.522. The number of primary amides is 1. The van der Waals surface area contributed by atoms with Crippen molar-refractivity contribution >= 4 is 21.8 Å². The van der Waals surface area contributed by atoms with Crippen LogP contribution in [0.4, 0.5) is 0 Å². The Morgan fingerprint density at radius 1 is 1.09 bits per heavy atom. The summed E-state index contributed by atoms with van der Waals surface area (Å²) in [5.74, 6) is 1.16. The highest BCUT2D eigenvalue weighted by molar-refractivity contribution is 9.10. The molecule has 2 aromatic rings. The van der Waals surface area contributed by atoms with Gasteiger partial charge in [0.15, 0.2) is 11.5 Å². The molecule has 0 fully saturated rings. The number of carbonyl (C=O) groups excluding carboxylic acids is 1. The molecule has 23 heavy (non-hydrogen) atoms. The minimum Gasteiger partial charge on any atom is -0.493 e. The number of nitrogens with two attached hydrogens (primary N) is 1. The number of rotatable bonds is 6. The first kappa shape index (κ1) is 17.1. The molecule has 1 amide bonds. The van der Waals surface area contributed by atoms with Crippen molar-refractivity contribution in [2.24, 2.45) is 5.73 Å². The minimum absolute atomic E-state index is 0.255. The molecule has 122 valence electrons. The normalized spacial score (nSPS) is 10.3. The lowest BCUT2D eigenvalue weighted by molar-refractivity contribution is 0.0996. The van der Waals surface area contributed by atoms with E-state index in [1.807, 2.05) is 25.1 Å². The summed E-state index contributed by atoms with van der Waals surface area (Å²) in [4.78, 5) is 11.5. The van der Waals surface area contributed by atoms with E-state index in [-0.39, 0.29) is 6.61 Å².